The molecule has 118 valence electrons. The smallest absolute Gasteiger partial charge is 0.106 e. The third kappa shape index (κ3) is 6.35. The monoisotopic (exact) mass is 370 g/mol. The molecule has 0 aliphatic rings. The maximum absolute atomic E-state index is 5.92. The maximum Gasteiger partial charge on any atom is 0.106 e. The summed E-state index contributed by atoms with van der Waals surface area (Å²) in [5, 5.41) is 0. The summed E-state index contributed by atoms with van der Waals surface area (Å²) >= 11 is 8.73. The first kappa shape index (κ1) is 18.4. The summed E-state index contributed by atoms with van der Waals surface area (Å²) in [6.07, 6.45) is 2.34. The van der Waals surface area contributed by atoms with Crippen molar-refractivity contribution >= 4 is 38.8 Å². The third-order valence-electron chi connectivity index (χ3n) is 3.52. The van der Waals surface area contributed by atoms with Crippen LogP contribution in [0.15, 0.2) is 22.7 Å². The van der Waals surface area contributed by atoms with Gasteiger partial charge in [-0.1, -0.05) is 55.8 Å². The predicted molar refractivity (Wildman–Crippen MR) is 101 cm³/mol. The summed E-state index contributed by atoms with van der Waals surface area (Å²) in [6, 6.07) is 6.21. The molecule has 4 heteroatoms. The molecule has 0 spiro atoms. The van der Waals surface area contributed by atoms with Crippen LogP contribution < -0.4 is 10.6 Å². The van der Waals surface area contributed by atoms with Crippen molar-refractivity contribution in [3.8, 4) is 0 Å². The molecule has 0 fully saturated rings. The van der Waals surface area contributed by atoms with Gasteiger partial charge >= 0.3 is 0 Å². The van der Waals surface area contributed by atoms with Crippen LogP contribution in [0.25, 0.3) is 0 Å². The Labute approximate surface area is 143 Å². The Balaban J connectivity index is 3.02. The molecule has 21 heavy (non-hydrogen) atoms. The number of halogens is 1. The summed E-state index contributed by atoms with van der Waals surface area (Å²) in [5.41, 5.74) is 8.04. The number of benzene rings is 1. The fraction of sp³-hybridized carbons (Fsp3) is 0.588. The van der Waals surface area contributed by atoms with E-state index >= 15 is 0 Å². The van der Waals surface area contributed by atoms with Crippen molar-refractivity contribution < 1.29 is 0 Å². The van der Waals surface area contributed by atoms with E-state index in [1.807, 2.05) is 6.07 Å². The highest BCUT2D eigenvalue weighted by Crippen LogP contribution is 2.26. The minimum absolute atomic E-state index is 0.463. The maximum atomic E-state index is 5.92. The van der Waals surface area contributed by atoms with Crippen LogP contribution in [-0.4, -0.2) is 18.1 Å². The third-order valence-corrected chi connectivity index (χ3v) is 4.23. The quantitative estimate of drug-likeness (QED) is 0.654. The van der Waals surface area contributed by atoms with Crippen molar-refractivity contribution in [3.05, 3.63) is 28.2 Å². The molecule has 0 aromatic heterocycles. The van der Waals surface area contributed by atoms with E-state index in [0.29, 0.717) is 16.8 Å². The van der Waals surface area contributed by atoms with E-state index < -0.39 is 0 Å². The molecule has 0 aliphatic heterocycles. The van der Waals surface area contributed by atoms with Gasteiger partial charge in [0.25, 0.3) is 0 Å². The first-order chi connectivity index (χ1) is 9.81. The van der Waals surface area contributed by atoms with Crippen molar-refractivity contribution in [2.75, 3.05) is 18.0 Å². The number of nitrogens with zero attached hydrogens (tertiary/aromatic N) is 1. The lowest BCUT2D eigenvalue weighted by Gasteiger charge is -2.28. The Morgan fingerprint density at radius 3 is 2.10 bits per heavy atom. The second kappa shape index (κ2) is 8.74. The Hall–Kier alpha value is -0.610. The molecule has 0 heterocycles. The van der Waals surface area contributed by atoms with Crippen LogP contribution >= 0.6 is 28.1 Å². The average molecular weight is 371 g/mol. The number of hydrogen-bond donors (Lipinski definition) is 1. The summed E-state index contributed by atoms with van der Waals surface area (Å²) in [6.45, 7) is 11.1. The molecule has 0 atom stereocenters. The fourth-order valence-electron chi connectivity index (χ4n) is 2.16. The first-order valence-electron chi connectivity index (χ1n) is 7.65. The van der Waals surface area contributed by atoms with Gasteiger partial charge in [0.1, 0.15) is 4.99 Å². The highest BCUT2D eigenvalue weighted by molar-refractivity contribution is 9.10. The van der Waals surface area contributed by atoms with E-state index in [4.69, 9.17) is 18.0 Å². The van der Waals surface area contributed by atoms with E-state index in [0.717, 1.165) is 28.8 Å². The van der Waals surface area contributed by atoms with Gasteiger partial charge in [0.2, 0.25) is 0 Å². The lowest BCUT2D eigenvalue weighted by Crippen LogP contribution is -2.29. The van der Waals surface area contributed by atoms with Gasteiger partial charge in [-0.15, -0.1) is 0 Å². The average Bonchev–Trinajstić information content (AvgIpc) is 2.38. The van der Waals surface area contributed by atoms with Crippen molar-refractivity contribution in [1.29, 1.82) is 0 Å². The van der Waals surface area contributed by atoms with Gasteiger partial charge in [-0.05, 0) is 42.9 Å². The van der Waals surface area contributed by atoms with Crippen LogP contribution in [0.4, 0.5) is 5.69 Å². The van der Waals surface area contributed by atoms with Crippen LogP contribution in [0.1, 0.15) is 46.1 Å². The molecule has 2 N–H and O–H groups in total. The van der Waals surface area contributed by atoms with Gasteiger partial charge in [0, 0.05) is 28.8 Å². The van der Waals surface area contributed by atoms with Crippen LogP contribution in [-0.2, 0) is 0 Å². The molecule has 1 aromatic carbocycles. The molecule has 0 radical (unpaired) electrons. The van der Waals surface area contributed by atoms with E-state index in [-0.39, 0.29) is 0 Å². The summed E-state index contributed by atoms with van der Waals surface area (Å²) in [7, 11) is 0. The molecular weight excluding hydrogens is 344 g/mol. The highest BCUT2D eigenvalue weighted by atomic mass is 79.9. The zero-order valence-corrected chi connectivity index (χ0v) is 15.9. The van der Waals surface area contributed by atoms with E-state index in [1.54, 1.807) is 0 Å². The van der Waals surface area contributed by atoms with Gasteiger partial charge in [-0.2, -0.15) is 0 Å². The fourth-order valence-corrected chi connectivity index (χ4v) is 2.69. The van der Waals surface area contributed by atoms with E-state index in [9.17, 15) is 0 Å². The summed E-state index contributed by atoms with van der Waals surface area (Å²) < 4.78 is 1.02. The molecule has 0 bridgehead atoms. The number of thiocarbonyl (C=S) groups is 1. The highest BCUT2D eigenvalue weighted by Gasteiger charge is 2.14. The minimum Gasteiger partial charge on any atom is -0.389 e. The number of rotatable bonds is 8. The van der Waals surface area contributed by atoms with E-state index in [1.165, 1.54) is 12.8 Å². The zero-order chi connectivity index (χ0) is 16.0. The van der Waals surface area contributed by atoms with Crippen LogP contribution in [0.5, 0.6) is 0 Å². The number of anilines is 1. The van der Waals surface area contributed by atoms with Crippen LogP contribution in [0.3, 0.4) is 0 Å². The zero-order valence-electron chi connectivity index (χ0n) is 13.5. The molecule has 0 saturated carbocycles. The Morgan fingerprint density at radius 2 is 1.67 bits per heavy atom. The van der Waals surface area contributed by atoms with Crippen molar-refractivity contribution in [2.24, 2.45) is 17.6 Å². The first-order valence-corrected chi connectivity index (χ1v) is 8.85. The van der Waals surface area contributed by atoms with Gasteiger partial charge in [0.15, 0.2) is 0 Å². The van der Waals surface area contributed by atoms with Crippen molar-refractivity contribution in [2.45, 2.75) is 40.5 Å². The Morgan fingerprint density at radius 1 is 1.14 bits per heavy atom. The van der Waals surface area contributed by atoms with Crippen LogP contribution in [0, 0.1) is 11.8 Å². The van der Waals surface area contributed by atoms with Crippen molar-refractivity contribution in [3.63, 3.8) is 0 Å². The largest absolute Gasteiger partial charge is 0.389 e. The molecule has 2 nitrogen and oxygen atoms in total. The van der Waals surface area contributed by atoms with Gasteiger partial charge in [-0.3, -0.25) is 0 Å². The molecule has 0 aliphatic carbocycles. The molecule has 0 saturated heterocycles. The Kier molecular flexibility index (Phi) is 7.67. The number of hydrogen-bond acceptors (Lipinski definition) is 2. The SMILES string of the molecule is CC(C)CCN(CCC(C)C)c1ccc(Br)cc1C(N)=S. The molecule has 0 amide bonds. The van der Waals surface area contributed by atoms with Gasteiger partial charge in [-0.25, -0.2) is 0 Å². The summed E-state index contributed by atoms with van der Waals surface area (Å²) in [5.74, 6) is 1.38. The molecule has 1 aromatic rings. The van der Waals surface area contributed by atoms with E-state index in [2.05, 4.69) is 60.7 Å². The topological polar surface area (TPSA) is 29.3 Å². The molecular formula is C17H27BrN2S. The Bertz CT molecular complexity index is 460. The lowest BCUT2D eigenvalue weighted by molar-refractivity contribution is 0.535. The standard InChI is InChI=1S/C17H27BrN2S/c1-12(2)7-9-20(10-8-13(3)4)16-6-5-14(18)11-15(16)17(19)21/h5-6,11-13H,7-10H2,1-4H3,(H2,19,21). The lowest BCUT2D eigenvalue weighted by atomic mass is 10.1. The normalized spacial score (nSPS) is 11.2. The second-order valence-corrected chi connectivity index (χ2v) is 7.73. The van der Waals surface area contributed by atoms with Gasteiger partial charge < -0.3 is 10.6 Å². The van der Waals surface area contributed by atoms with Crippen molar-refractivity contribution in [1.82, 2.24) is 0 Å². The molecule has 1 rings (SSSR count). The molecule has 0 unspecified atom stereocenters. The number of nitrogens with two attached hydrogens (primary N) is 1. The second-order valence-electron chi connectivity index (χ2n) is 6.38. The predicted octanol–water partition coefficient (Wildman–Crippen LogP) is 4.98. The summed E-state index contributed by atoms with van der Waals surface area (Å²) in [4.78, 5) is 2.89. The van der Waals surface area contributed by atoms with Crippen LogP contribution in [0.2, 0.25) is 0 Å². The van der Waals surface area contributed by atoms with Gasteiger partial charge in [0.05, 0.1) is 0 Å². The minimum atomic E-state index is 0.463.